The van der Waals surface area contributed by atoms with Crippen LogP contribution in [0, 0.1) is 11.5 Å². The molecule has 0 heteroatoms. The van der Waals surface area contributed by atoms with E-state index in [1.165, 1.54) is 62.5 Å². The number of unbranched alkanes of at least 4 members (excludes halogenated alkanes) is 6. The average molecular weight is 452 g/mol. The van der Waals surface area contributed by atoms with Crippen LogP contribution in [0.1, 0.15) is 131 Å². The van der Waals surface area contributed by atoms with E-state index in [4.69, 9.17) is 0 Å². The van der Waals surface area contributed by atoms with Crippen molar-refractivity contribution in [3.05, 3.63) is 71.9 Å². The summed E-state index contributed by atoms with van der Waals surface area (Å²) in [7, 11) is 0. The van der Waals surface area contributed by atoms with Crippen LogP contribution in [-0.4, -0.2) is 0 Å². The van der Waals surface area contributed by atoms with Crippen molar-refractivity contribution in [3.63, 3.8) is 0 Å². The summed E-state index contributed by atoms with van der Waals surface area (Å²) in [5, 5.41) is 0. The molecule has 0 heterocycles. The molecular formula is C33H55. The van der Waals surface area contributed by atoms with Gasteiger partial charge < -0.3 is 0 Å². The molecule has 0 saturated carbocycles. The van der Waals surface area contributed by atoms with Gasteiger partial charge in [-0.1, -0.05) is 120 Å². The molecule has 1 atom stereocenters. The highest BCUT2D eigenvalue weighted by molar-refractivity contribution is 5.31. The van der Waals surface area contributed by atoms with Crippen LogP contribution in [0.4, 0.5) is 0 Å². The Morgan fingerprint density at radius 2 is 1.33 bits per heavy atom. The molecule has 187 valence electrons. The van der Waals surface area contributed by atoms with Crippen LogP contribution in [-0.2, 0) is 0 Å². The Morgan fingerprint density at radius 1 is 0.667 bits per heavy atom. The zero-order valence-electron chi connectivity index (χ0n) is 23.1. The third kappa shape index (κ3) is 16.7. The third-order valence-corrected chi connectivity index (χ3v) is 5.99. The summed E-state index contributed by atoms with van der Waals surface area (Å²) in [6.07, 6.45) is 41.9. The maximum Gasteiger partial charge on any atom is 0.0283 e. The van der Waals surface area contributed by atoms with Gasteiger partial charge in [0.25, 0.3) is 0 Å². The fourth-order valence-electron chi connectivity index (χ4n) is 3.89. The second-order valence-corrected chi connectivity index (χ2v) is 9.51. The number of allylic oxidation sites excluding steroid dienone is 12. The Balaban J connectivity index is 6.10. The predicted molar refractivity (Wildman–Crippen MR) is 153 cm³/mol. The van der Waals surface area contributed by atoms with Gasteiger partial charge in [0, 0.05) is 5.41 Å². The van der Waals surface area contributed by atoms with Crippen LogP contribution in [0.15, 0.2) is 65.8 Å². The second-order valence-electron chi connectivity index (χ2n) is 9.51. The molecule has 0 aromatic heterocycles. The van der Waals surface area contributed by atoms with Gasteiger partial charge in [0.2, 0.25) is 0 Å². The van der Waals surface area contributed by atoms with E-state index in [9.17, 15) is 0 Å². The maximum atomic E-state index is 3.87. The standard InChI is InChI=1S/C33H55/c1-7-11-15-18-19-20-26-32(27-24-25-31(5)6)33(28-21-14-10-4,29-22-16-12-8-2)30-23-17-13-9-3/h12,16,19-21,23,25,28,30H,7-11,13-15,17-18,22,24,26,29H2,1-6H3. The first-order valence-electron chi connectivity index (χ1n) is 13.9. The quantitative estimate of drug-likeness (QED) is 0.127. The minimum atomic E-state index is -0.0375. The van der Waals surface area contributed by atoms with Gasteiger partial charge in [0.05, 0.1) is 0 Å². The lowest BCUT2D eigenvalue weighted by molar-refractivity contribution is 0.517. The van der Waals surface area contributed by atoms with Crippen molar-refractivity contribution >= 4 is 0 Å². The molecule has 0 aliphatic heterocycles. The third-order valence-electron chi connectivity index (χ3n) is 5.99. The Hall–Kier alpha value is -1.56. The van der Waals surface area contributed by atoms with E-state index in [1.807, 2.05) is 0 Å². The Morgan fingerprint density at radius 3 is 1.97 bits per heavy atom. The molecule has 0 fully saturated rings. The Bertz CT molecular complexity index is 618. The van der Waals surface area contributed by atoms with Crippen LogP contribution in [0.3, 0.4) is 0 Å². The van der Waals surface area contributed by atoms with Gasteiger partial charge in [-0.15, -0.1) is 0 Å². The van der Waals surface area contributed by atoms with Crippen molar-refractivity contribution in [2.24, 2.45) is 5.41 Å². The average Bonchev–Trinajstić information content (AvgIpc) is 2.80. The lowest BCUT2D eigenvalue weighted by Gasteiger charge is -2.31. The van der Waals surface area contributed by atoms with Gasteiger partial charge in [-0.25, -0.2) is 0 Å². The monoisotopic (exact) mass is 451 g/mol. The molecule has 0 bridgehead atoms. The van der Waals surface area contributed by atoms with Crippen LogP contribution in [0.5, 0.6) is 0 Å². The van der Waals surface area contributed by atoms with E-state index < -0.39 is 0 Å². The lowest BCUT2D eigenvalue weighted by Crippen LogP contribution is -2.19. The highest BCUT2D eigenvalue weighted by atomic mass is 14.3. The summed E-state index contributed by atoms with van der Waals surface area (Å²) in [6.45, 7) is 13.4. The normalized spacial score (nSPS) is 14.8. The zero-order chi connectivity index (χ0) is 24.6. The van der Waals surface area contributed by atoms with Crippen molar-refractivity contribution in [2.45, 2.75) is 131 Å². The van der Waals surface area contributed by atoms with Crippen molar-refractivity contribution in [3.8, 4) is 0 Å². The molecule has 0 aliphatic carbocycles. The van der Waals surface area contributed by atoms with Crippen LogP contribution in [0.2, 0.25) is 0 Å². The molecule has 1 unspecified atom stereocenters. The van der Waals surface area contributed by atoms with E-state index in [0.717, 1.165) is 38.5 Å². The second kappa shape index (κ2) is 22.2. The van der Waals surface area contributed by atoms with Gasteiger partial charge in [-0.05, 0) is 83.3 Å². The SMILES string of the molecule is CCC=CCCC(C=CCCC)(C=CCCCC)/C(=[C]\CC=C(C)C)CC=CCCCCC. The highest BCUT2D eigenvalue weighted by Gasteiger charge is 2.27. The van der Waals surface area contributed by atoms with Gasteiger partial charge >= 0.3 is 0 Å². The summed E-state index contributed by atoms with van der Waals surface area (Å²) in [5.41, 5.74) is 2.77. The van der Waals surface area contributed by atoms with E-state index in [-0.39, 0.29) is 5.41 Å². The van der Waals surface area contributed by atoms with Crippen LogP contribution < -0.4 is 0 Å². The zero-order valence-corrected chi connectivity index (χ0v) is 23.1. The Kier molecular flexibility index (Phi) is 21.2. The van der Waals surface area contributed by atoms with E-state index in [0.29, 0.717) is 0 Å². The van der Waals surface area contributed by atoms with Crippen molar-refractivity contribution < 1.29 is 0 Å². The summed E-state index contributed by atoms with van der Waals surface area (Å²) in [6, 6.07) is 0. The van der Waals surface area contributed by atoms with Gasteiger partial charge in [-0.3, -0.25) is 0 Å². The summed E-state index contributed by atoms with van der Waals surface area (Å²) >= 11 is 0. The minimum absolute atomic E-state index is 0.0375. The van der Waals surface area contributed by atoms with Crippen LogP contribution in [0.25, 0.3) is 0 Å². The molecule has 0 saturated heterocycles. The van der Waals surface area contributed by atoms with E-state index in [2.05, 4.69) is 102 Å². The lowest BCUT2D eigenvalue weighted by atomic mass is 9.73. The van der Waals surface area contributed by atoms with Crippen LogP contribution >= 0.6 is 0 Å². The molecule has 33 heavy (non-hydrogen) atoms. The summed E-state index contributed by atoms with van der Waals surface area (Å²) < 4.78 is 0. The first kappa shape index (κ1) is 31.4. The fraction of sp³-hybridized carbons (Fsp3) is 0.636. The molecule has 0 rings (SSSR count). The van der Waals surface area contributed by atoms with E-state index in [1.54, 1.807) is 0 Å². The number of rotatable bonds is 20. The number of hydrogen-bond donors (Lipinski definition) is 0. The first-order valence-corrected chi connectivity index (χ1v) is 13.9. The molecule has 0 aliphatic rings. The highest BCUT2D eigenvalue weighted by Crippen LogP contribution is 2.39. The maximum absolute atomic E-state index is 3.87. The molecule has 0 aromatic carbocycles. The molecule has 0 amide bonds. The molecular weight excluding hydrogens is 396 g/mol. The molecule has 0 spiro atoms. The van der Waals surface area contributed by atoms with Crippen molar-refractivity contribution in [1.29, 1.82) is 0 Å². The molecule has 0 aromatic rings. The Labute approximate surface area is 208 Å². The fourth-order valence-corrected chi connectivity index (χ4v) is 3.89. The first-order chi connectivity index (χ1) is 16.1. The summed E-state index contributed by atoms with van der Waals surface area (Å²) in [4.78, 5) is 0. The largest absolute Gasteiger partial charge is 0.0888 e. The smallest absolute Gasteiger partial charge is 0.0283 e. The number of hydrogen-bond acceptors (Lipinski definition) is 0. The van der Waals surface area contributed by atoms with Gasteiger partial charge in [0.1, 0.15) is 0 Å². The van der Waals surface area contributed by atoms with Gasteiger partial charge in [-0.2, -0.15) is 0 Å². The topological polar surface area (TPSA) is 0 Å². The summed E-state index contributed by atoms with van der Waals surface area (Å²) in [5.74, 6) is 0. The van der Waals surface area contributed by atoms with Crippen molar-refractivity contribution in [2.75, 3.05) is 0 Å². The van der Waals surface area contributed by atoms with Gasteiger partial charge in [0.15, 0.2) is 0 Å². The molecule has 0 N–H and O–H groups in total. The minimum Gasteiger partial charge on any atom is -0.0888 e. The predicted octanol–water partition coefficient (Wildman–Crippen LogP) is 11.4. The molecule has 0 nitrogen and oxygen atoms in total. The van der Waals surface area contributed by atoms with E-state index >= 15 is 0 Å². The van der Waals surface area contributed by atoms with Crippen molar-refractivity contribution in [1.82, 2.24) is 0 Å². The molecule has 1 radical (unpaired) electrons.